The fraction of sp³-hybridized carbons (Fsp3) is 0.588. The maximum atomic E-state index is 10.9. The highest BCUT2D eigenvalue weighted by atomic mass is 35.5. The molecule has 1 fully saturated rings. The third kappa shape index (κ3) is 2.41. The van der Waals surface area contributed by atoms with Crippen LogP contribution < -0.4 is 9.47 Å². The van der Waals surface area contributed by atoms with E-state index < -0.39 is 5.54 Å². The molecule has 0 N–H and O–H groups in total. The molecular formula is C17H20ClNO3. The molecule has 22 heavy (non-hydrogen) atoms. The molecule has 1 aliphatic heterocycles. The van der Waals surface area contributed by atoms with E-state index in [9.17, 15) is 4.79 Å². The molecule has 1 aromatic rings. The Morgan fingerprint density at radius 1 is 1.27 bits per heavy atom. The van der Waals surface area contributed by atoms with Crippen LogP contribution in [-0.4, -0.2) is 19.3 Å². The Bertz CT molecular complexity index is 631. The highest BCUT2D eigenvalue weighted by Crippen LogP contribution is 2.54. The van der Waals surface area contributed by atoms with E-state index in [0.29, 0.717) is 24.0 Å². The zero-order valence-electron chi connectivity index (χ0n) is 12.9. The fourth-order valence-electron chi connectivity index (χ4n) is 3.34. The number of hydrogen-bond acceptors (Lipinski definition) is 4. The van der Waals surface area contributed by atoms with Crippen LogP contribution in [0.15, 0.2) is 11.1 Å². The molecule has 0 bridgehead atoms. The van der Waals surface area contributed by atoms with Crippen molar-refractivity contribution in [3.63, 3.8) is 0 Å². The van der Waals surface area contributed by atoms with Crippen LogP contribution in [0.1, 0.15) is 56.6 Å². The molecular weight excluding hydrogens is 302 g/mol. The molecule has 1 aliphatic carbocycles. The molecule has 1 aromatic carbocycles. The van der Waals surface area contributed by atoms with Crippen LogP contribution >= 0.6 is 11.6 Å². The van der Waals surface area contributed by atoms with Gasteiger partial charge < -0.3 is 9.47 Å². The number of halogens is 1. The Morgan fingerprint density at radius 2 is 2.00 bits per heavy atom. The van der Waals surface area contributed by atoms with Crippen LogP contribution in [0.3, 0.4) is 0 Å². The van der Waals surface area contributed by atoms with Crippen LogP contribution in [-0.2, 0) is 10.3 Å². The van der Waals surface area contributed by atoms with Crippen LogP contribution in [0.5, 0.6) is 11.5 Å². The number of isocyanates is 1. The standard InChI is InChI=1S/C17H20ClNO3/c1-11(2)14-15(17(19-10-20)5-3-6-17)12(18)9-13-16(14)22-8-4-7-21-13/h9,11H,3-8H2,1-2H3. The average molecular weight is 322 g/mol. The lowest BCUT2D eigenvalue weighted by molar-refractivity contribution is 0.250. The second-order valence-electron chi connectivity index (χ2n) is 6.27. The highest BCUT2D eigenvalue weighted by molar-refractivity contribution is 6.32. The molecule has 0 saturated heterocycles. The third-order valence-corrected chi connectivity index (χ3v) is 4.81. The van der Waals surface area contributed by atoms with Crippen molar-refractivity contribution in [3.05, 3.63) is 22.2 Å². The van der Waals surface area contributed by atoms with Gasteiger partial charge in [0.1, 0.15) is 5.54 Å². The Hall–Kier alpha value is -1.51. The Morgan fingerprint density at radius 3 is 2.59 bits per heavy atom. The first-order valence-electron chi connectivity index (χ1n) is 7.80. The maximum Gasteiger partial charge on any atom is 0.235 e. The molecule has 0 spiro atoms. The molecule has 0 atom stereocenters. The number of rotatable bonds is 3. The van der Waals surface area contributed by atoms with E-state index >= 15 is 0 Å². The zero-order chi connectivity index (χ0) is 15.7. The Labute approximate surface area is 135 Å². The fourth-order valence-corrected chi connectivity index (χ4v) is 3.72. The molecule has 1 heterocycles. The SMILES string of the molecule is CC(C)c1c2c(cc(Cl)c1C1(N=C=O)CCC1)OCCCO2. The van der Waals surface area contributed by atoms with Gasteiger partial charge in [0.15, 0.2) is 11.5 Å². The van der Waals surface area contributed by atoms with Crippen molar-refractivity contribution in [3.8, 4) is 11.5 Å². The van der Waals surface area contributed by atoms with E-state index in [1.54, 1.807) is 6.08 Å². The first-order chi connectivity index (χ1) is 10.6. The summed E-state index contributed by atoms with van der Waals surface area (Å²) in [5.74, 6) is 1.65. The van der Waals surface area contributed by atoms with Crippen molar-refractivity contribution in [1.82, 2.24) is 0 Å². The van der Waals surface area contributed by atoms with Gasteiger partial charge in [0.05, 0.1) is 18.2 Å². The lowest BCUT2D eigenvalue weighted by Gasteiger charge is -2.40. The number of fused-ring (bicyclic) bond motifs is 1. The summed E-state index contributed by atoms with van der Waals surface area (Å²) in [5, 5.41) is 0.603. The molecule has 1 saturated carbocycles. The van der Waals surface area contributed by atoms with Gasteiger partial charge in [-0.1, -0.05) is 25.4 Å². The van der Waals surface area contributed by atoms with Gasteiger partial charge >= 0.3 is 0 Å². The van der Waals surface area contributed by atoms with Crippen molar-refractivity contribution < 1.29 is 14.3 Å². The third-order valence-electron chi connectivity index (χ3n) is 4.51. The predicted molar refractivity (Wildman–Crippen MR) is 84.8 cm³/mol. The summed E-state index contributed by atoms with van der Waals surface area (Å²) in [7, 11) is 0. The van der Waals surface area contributed by atoms with Crippen molar-refractivity contribution in [1.29, 1.82) is 0 Å². The topological polar surface area (TPSA) is 47.9 Å². The minimum absolute atomic E-state index is 0.198. The Kier molecular flexibility index (Phi) is 4.16. The summed E-state index contributed by atoms with van der Waals surface area (Å²) in [4.78, 5) is 15.1. The van der Waals surface area contributed by atoms with Crippen molar-refractivity contribution in [2.75, 3.05) is 13.2 Å². The molecule has 0 aromatic heterocycles. The van der Waals surface area contributed by atoms with Crippen LogP contribution in [0.4, 0.5) is 0 Å². The summed E-state index contributed by atoms with van der Waals surface area (Å²) < 4.78 is 11.7. The smallest absolute Gasteiger partial charge is 0.235 e. The number of aliphatic imine (C=N–C) groups is 1. The molecule has 5 heteroatoms. The van der Waals surface area contributed by atoms with Gasteiger partial charge in [-0.2, -0.15) is 4.99 Å². The monoisotopic (exact) mass is 321 g/mol. The lowest BCUT2D eigenvalue weighted by Crippen LogP contribution is -2.34. The second-order valence-corrected chi connectivity index (χ2v) is 6.67. The van der Waals surface area contributed by atoms with Gasteiger partial charge in [-0.05, 0) is 25.2 Å². The highest BCUT2D eigenvalue weighted by Gasteiger charge is 2.44. The Balaban J connectivity index is 2.25. The van der Waals surface area contributed by atoms with Gasteiger partial charge in [-0.25, -0.2) is 4.79 Å². The molecule has 3 rings (SSSR count). The van der Waals surface area contributed by atoms with E-state index in [1.165, 1.54) is 0 Å². The molecule has 0 unspecified atom stereocenters. The first-order valence-corrected chi connectivity index (χ1v) is 8.18. The summed E-state index contributed by atoms with van der Waals surface area (Å²) in [5.41, 5.74) is 1.40. The summed E-state index contributed by atoms with van der Waals surface area (Å²) in [6.45, 7) is 5.44. The van der Waals surface area contributed by atoms with E-state index in [0.717, 1.165) is 42.6 Å². The molecule has 4 nitrogen and oxygen atoms in total. The molecule has 0 amide bonds. The molecule has 118 valence electrons. The molecule has 2 aliphatic rings. The number of ether oxygens (including phenoxy) is 2. The maximum absolute atomic E-state index is 10.9. The van der Waals surface area contributed by atoms with Crippen LogP contribution in [0.2, 0.25) is 5.02 Å². The quantitative estimate of drug-likeness (QED) is 0.614. The van der Waals surface area contributed by atoms with E-state index in [1.807, 2.05) is 6.07 Å². The predicted octanol–water partition coefficient (Wildman–Crippen LogP) is 4.34. The van der Waals surface area contributed by atoms with Gasteiger partial charge in [-0.3, -0.25) is 0 Å². The van der Waals surface area contributed by atoms with Crippen molar-refractivity contribution in [2.24, 2.45) is 4.99 Å². The van der Waals surface area contributed by atoms with Gasteiger partial charge in [-0.15, -0.1) is 0 Å². The minimum Gasteiger partial charge on any atom is -0.489 e. The van der Waals surface area contributed by atoms with Crippen molar-refractivity contribution in [2.45, 2.75) is 51.0 Å². The number of benzene rings is 1. The second kappa shape index (κ2) is 5.94. The van der Waals surface area contributed by atoms with Crippen LogP contribution in [0.25, 0.3) is 0 Å². The van der Waals surface area contributed by atoms with E-state index in [-0.39, 0.29) is 5.92 Å². The average Bonchev–Trinajstić information content (AvgIpc) is 2.66. The van der Waals surface area contributed by atoms with Crippen LogP contribution in [0, 0.1) is 0 Å². The van der Waals surface area contributed by atoms with Gasteiger partial charge in [0.25, 0.3) is 0 Å². The summed E-state index contributed by atoms with van der Waals surface area (Å²) in [6, 6.07) is 1.81. The van der Waals surface area contributed by atoms with E-state index in [2.05, 4.69) is 18.8 Å². The number of nitrogens with zero attached hydrogens (tertiary/aromatic N) is 1. The first kappa shape index (κ1) is 15.4. The largest absolute Gasteiger partial charge is 0.489 e. The lowest BCUT2D eigenvalue weighted by atomic mass is 9.69. The van der Waals surface area contributed by atoms with E-state index in [4.69, 9.17) is 21.1 Å². The van der Waals surface area contributed by atoms with Gasteiger partial charge in [0.2, 0.25) is 6.08 Å². The number of carbonyl (C=O) groups excluding carboxylic acids is 1. The minimum atomic E-state index is -0.539. The molecule has 0 radical (unpaired) electrons. The van der Waals surface area contributed by atoms with Gasteiger partial charge in [0, 0.05) is 23.6 Å². The summed E-state index contributed by atoms with van der Waals surface area (Å²) >= 11 is 6.57. The summed E-state index contributed by atoms with van der Waals surface area (Å²) in [6.07, 6.45) is 5.26. The number of hydrogen-bond donors (Lipinski definition) is 0. The van der Waals surface area contributed by atoms with Crippen molar-refractivity contribution >= 4 is 17.7 Å². The normalized spacial score (nSPS) is 19.1. The zero-order valence-corrected chi connectivity index (χ0v) is 13.7.